The molecule has 5 nitrogen and oxygen atoms in total. The molecule has 0 radical (unpaired) electrons. The molecule has 0 saturated carbocycles. The van der Waals surface area contributed by atoms with E-state index in [0.717, 1.165) is 17.0 Å². The van der Waals surface area contributed by atoms with Gasteiger partial charge in [-0.1, -0.05) is 58.1 Å². The van der Waals surface area contributed by atoms with E-state index < -0.39 is 0 Å². The highest BCUT2D eigenvalue weighted by molar-refractivity contribution is 7.15. The Hall–Kier alpha value is -2.21. The van der Waals surface area contributed by atoms with Crippen LogP contribution in [0.15, 0.2) is 24.3 Å². The Balaban J connectivity index is 1.66. The van der Waals surface area contributed by atoms with Gasteiger partial charge in [0.2, 0.25) is 5.91 Å². The monoisotopic (exact) mass is 399 g/mol. The summed E-state index contributed by atoms with van der Waals surface area (Å²) in [6.45, 7) is 11.9. The van der Waals surface area contributed by atoms with Gasteiger partial charge in [0.25, 0.3) is 5.91 Å². The summed E-state index contributed by atoms with van der Waals surface area (Å²) in [7, 11) is 0. The third-order valence-corrected chi connectivity index (χ3v) is 5.90. The van der Waals surface area contributed by atoms with Gasteiger partial charge in [-0.3, -0.25) is 14.9 Å². The standard InChI is InChI=1S/C22H29N3O2S/c1-14(2)12-19(26)25-11-10-17-18(13-25)28-21(23-17)24-20(27)15-6-8-16(9-7-15)22(3,4)5/h6-9,14H,10-13H2,1-5H3,(H,23,24,27). The molecule has 0 bridgehead atoms. The number of rotatable bonds is 4. The van der Waals surface area contributed by atoms with Gasteiger partial charge in [0.1, 0.15) is 0 Å². The summed E-state index contributed by atoms with van der Waals surface area (Å²) in [5, 5.41) is 3.52. The second kappa shape index (κ2) is 8.03. The summed E-state index contributed by atoms with van der Waals surface area (Å²) in [5.74, 6) is 0.396. The minimum absolute atomic E-state index is 0.0578. The highest BCUT2D eigenvalue weighted by Gasteiger charge is 2.25. The lowest BCUT2D eigenvalue weighted by molar-refractivity contribution is -0.132. The number of fused-ring (bicyclic) bond motifs is 1. The Morgan fingerprint density at radius 2 is 1.89 bits per heavy atom. The van der Waals surface area contributed by atoms with Gasteiger partial charge >= 0.3 is 0 Å². The molecule has 1 aliphatic rings. The summed E-state index contributed by atoms with van der Waals surface area (Å²) in [4.78, 5) is 32.4. The number of nitrogens with zero attached hydrogens (tertiary/aromatic N) is 2. The van der Waals surface area contributed by atoms with E-state index in [1.54, 1.807) is 0 Å². The molecular formula is C22H29N3O2S. The maximum absolute atomic E-state index is 12.6. The van der Waals surface area contributed by atoms with Crippen molar-refractivity contribution in [3.05, 3.63) is 46.0 Å². The summed E-state index contributed by atoms with van der Waals surface area (Å²) in [6, 6.07) is 7.71. The average molecular weight is 400 g/mol. The lowest BCUT2D eigenvalue weighted by Crippen LogP contribution is -2.36. The first kappa shape index (κ1) is 20.5. The third kappa shape index (κ3) is 4.79. The Morgan fingerprint density at radius 1 is 1.21 bits per heavy atom. The molecule has 1 aromatic heterocycles. The number of carbonyl (C=O) groups is 2. The van der Waals surface area contributed by atoms with Gasteiger partial charge < -0.3 is 4.90 Å². The fraction of sp³-hybridized carbons (Fsp3) is 0.500. The molecule has 1 aliphatic heterocycles. The summed E-state index contributed by atoms with van der Waals surface area (Å²) in [5.41, 5.74) is 2.87. The zero-order chi connectivity index (χ0) is 20.5. The Morgan fingerprint density at radius 3 is 2.50 bits per heavy atom. The fourth-order valence-electron chi connectivity index (χ4n) is 3.23. The van der Waals surface area contributed by atoms with Gasteiger partial charge in [-0.2, -0.15) is 0 Å². The van der Waals surface area contributed by atoms with E-state index in [4.69, 9.17) is 0 Å². The van der Waals surface area contributed by atoms with Gasteiger partial charge in [-0.25, -0.2) is 4.98 Å². The molecule has 0 fully saturated rings. The summed E-state index contributed by atoms with van der Waals surface area (Å²) >= 11 is 1.47. The Bertz CT molecular complexity index is 863. The molecule has 28 heavy (non-hydrogen) atoms. The van der Waals surface area contributed by atoms with E-state index in [0.29, 0.717) is 36.1 Å². The first-order valence-corrected chi connectivity index (χ1v) is 10.6. The van der Waals surface area contributed by atoms with Crippen LogP contribution in [0.5, 0.6) is 0 Å². The van der Waals surface area contributed by atoms with Crippen molar-refractivity contribution >= 4 is 28.3 Å². The number of hydrogen-bond donors (Lipinski definition) is 1. The van der Waals surface area contributed by atoms with Gasteiger partial charge in [-0.05, 0) is 29.0 Å². The molecule has 2 aromatic rings. The number of aromatic nitrogens is 1. The molecule has 1 N–H and O–H groups in total. The van der Waals surface area contributed by atoms with Gasteiger partial charge in [-0.15, -0.1) is 0 Å². The van der Waals surface area contributed by atoms with Crippen LogP contribution in [-0.2, 0) is 23.2 Å². The molecule has 0 spiro atoms. The lowest BCUT2D eigenvalue weighted by atomic mass is 9.87. The van der Waals surface area contributed by atoms with E-state index in [1.807, 2.05) is 29.2 Å². The third-order valence-electron chi connectivity index (χ3n) is 4.90. The number of thiazole rings is 1. The minimum Gasteiger partial charge on any atom is -0.337 e. The minimum atomic E-state index is -0.153. The maximum Gasteiger partial charge on any atom is 0.257 e. The number of nitrogens with one attached hydrogen (secondary N) is 1. The van der Waals surface area contributed by atoms with Crippen LogP contribution < -0.4 is 5.32 Å². The lowest BCUT2D eigenvalue weighted by Gasteiger charge is -2.26. The van der Waals surface area contributed by atoms with Gasteiger partial charge in [0, 0.05) is 29.8 Å². The molecule has 0 atom stereocenters. The number of anilines is 1. The zero-order valence-electron chi connectivity index (χ0n) is 17.3. The van der Waals surface area contributed by atoms with E-state index in [-0.39, 0.29) is 17.2 Å². The van der Waals surface area contributed by atoms with Crippen LogP contribution in [0.3, 0.4) is 0 Å². The van der Waals surface area contributed by atoms with E-state index in [9.17, 15) is 9.59 Å². The molecule has 0 aliphatic carbocycles. The van der Waals surface area contributed by atoms with Crippen LogP contribution in [0.4, 0.5) is 5.13 Å². The van der Waals surface area contributed by atoms with Crippen molar-refractivity contribution < 1.29 is 9.59 Å². The highest BCUT2D eigenvalue weighted by atomic mass is 32.1. The van der Waals surface area contributed by atoms with Crippen LogP contribution in [0.25, 0.3) is 0 Å². The van der Waals surface area contributed by atoms with Crippen LogP contribution in [-0.4, -0.2) is 28.2 Å². The van der Waals surface area contributed by atoms with Crippen molar-refractivity contribution in [1.29, 1.82) is 0 Å². The van der Waals surface area contributed by atoms with E-state index in [1.165, 1.54) is 16.9 Å². The molecule has 2 amide bonds. The fourth-order valence-corrected chi connectivity index (χ4v) is 4.25. The zero-order valence-corrected chi connectivity index (χ0v) is 18.2. The quantitative estimate of drug-likeness (QED) is 0.816. The van der Waals surface area contributed by atoms with Crippen LogP contribution in [0.2, 0.25) is 0 Å². The van der Waals surface area contributed by atoms with Crippen molar-refractivity contribution in [3.63, 3.8) is 0 Å². The molecule has 6 heteroatoms. The number of hydrogen-bond acceptors (Lipinski definition) is 4. The van der Waals surface area contributed by atoms with Crippen LogP contribution in [0, 0.1) is 5.92 Å². The van der Waals surface area contributed by atoms with Gasteiger partial charge in [0.15, 0.2) is 5.13 Å². The highest BCUT2D eigenvalue weighted by Crippen LogP contribution is 2.29. The number of carbonyl (C=O) groups excluding carboxylic acids is 2. The molecule has 0 unspecified atom stereocenters. The second-order valence-corrected chi connectivity index (χ2v) is 9.92. The van der Waals surface area contributed by atoms with Crippen LogP contribution >= 0.6 is 11.3 Å². The molecule has 0 saturated heterocycles. The predicted molar refractivity (Wildman–Crippen MR) is 114 cm³/mol. The first-order valence-electron chi connectivity index (χ1n) is 9.81. The Kier molecular flexibility index (Phi) is 5.89. The normalized spacial score (nSPS) is 14.1. The molecule has 3 rings (SSSR count). The molecule has 150 valence electrons. The van der Waals surface area contributed by atoms with Gasteiger partial charge in [0.05, 0.1) is 12.2 Å². The number of benzene rings is 1. The van der Waals surface area contributed by atoms with Crippen molar-refractivity contribution in [2.24, 2.45) is 5.92 Å². The van der Waals surface area contributed by atoms with E-state index >= 15 is 0 Å². The maximum atomic E-state index is 12.6. The average Bonchev–Trinajstić information content (AvgIpc) is 3.01. The molecule has 1 aromatic carbocycles. The Labute approximate surface area is 171 Å². The smallest absolute Gasteiger partial charge is 0.257 e. The van der Waals surface area contributed by atoms with Crippen molar-refractivity contribution in [2.75, 3.05) is 11.9 Å². The van der Waals surface area contributed by atoms with Crippen molar-refractivity contribution in [1.82, 2.24) is 9.88 Å². The molecule has 2 heterocycles. The SMILES string of the molecule is CC(C)CC(=O)N1CCc2nc(NC(=O)c3ccc(C(C)(C)C)cc3)sc2C1. The van der Waals surface area contributed by atoms with Crippen LogP contribution in [0.1, 0.15) is 67.5 Å². The van der Waals surface area contributed by atoms with E-state index in [2.05, 4.69) is 44.9 Å². The summed E-state index contributed by atoms with van der Waals surface area (Å²) in [6.07, 6.45) is 1.31. The van der Waals surface area contributed by atoms with Crippen molar-refractivity contribution in [3.8, 4) is 0 Å². The first-order chi connectivity index (χ1) is 13.1. The predicted octanol–water partition coefficient (Wildman–Crippen LogP) is 4.62. The topological polar surface area (TPSA) is 62.3 Å². The second-order valence-electron chi connectivity index (χ2n) is 8.83. The molecular weight excluding hydrogens is 370 g/mol. The number of amides is 2. The summed E-state index contributed by atoms with van der Waals surface area (Å²) < 4.78 is 0. The van der Waals surface area contributed by atoms with Crippen molar-refractivity contribution in [2.45, 2.75) is 59.4 Å². The largest absolute Gasteiger partial charge is 0.337 e.